The van der Waals surface area contributed by atoms with Crippen molar-refractivity contribution in [2.45, 2.75) is 13.3 Å². The monoisotopic (exact) mass is 323 g/mol. The molecule has 0 amide bonds. The third-order valence-electron chi connectivity index (χ3n) is 4.45. The van der Waals surface area contributed by atoms with Crippen LogP contribution in [0, 0.1) is 0 Å². The van der Waals surface area contributed by atoms with Crippen LogP contribution in [-0.4, -0.2) is 23.5 Å². The van der Waals surface area contributed by atoms with Gasteiger partial charge in [-0.2, -0.15) is 4.98 Å². The molecule has 0 atom stereocenters. The molecule has 122 valence electrons. The molecule has 1 aromatic carbocycles. The van der Waals surface area contributed by atoms with Gasteiger partial charge in [-0.1, -0.05) is 37.3 Å². The van der Waals surface area contributed by atoms with Crippen LogP contribution in [0.15, 0.2) is 39.9 Å². The third kappa shape index (κ3) is 1.75. The number of aryl methyl sites for hydroxylation is 2. The molecule has 0 saturated heterocycles. The lowest BCUT2D eigenvalue weighted by atomic mass is 10.1. The van der Waals surface area contributed by atoms with Crippen LogP contribution in [0.2, 0.25) is 0 Å². The first-order chi connectivity index (χ1) is 11.5. The maximum absolute atomic E-state index is 12.7. The fourth-order valence-electron chi connectivity index (χ4n) is 3.22. The summed E-state index contributed by atoms with van der Waals surface area (Å²) in [6, 6.07) is 9.93. The minimum Gasteiger partial charge on any atom is -0.323 e. The number of H-pyrrole nitrogens is 1. The highest BCUT2D eigenvalue weighted by Gasteiger charge is 2.21. The van der Waals surface area contributed by atoms with Crippen molar-refractivity contribution in [3.63, 3.8) is 0 Å². The second kappa shape index (κ2) is 4.95. The average molecular weight is 323 g/mol. The van der Waals surface area contributed by atoms with Crippen LogP contribution in [0.5, 0.6) is 0 Å². The summed E-state index contributed by atoms with van der Waals surface area (Å²) in [5, 5.41) is 0. The topological polar surface area (TPSA) is 77.1 Å². The van der Waals surface area contributed by atoms with Gasteiger partial charge in [-0.15, -0.1) is 0 Å². The lowest BCUT2D eigenvalue weighted by Gasteiger charge is -2.05. The molecule has 0 fully saturated rings. The Hall–Kier alpha value is -3.09. The molecule has 4 rings (SSSR count). The fraction of sp³-hybridized carbons (Fsp3) is 0.235. The Bertz CT molecular complexity index is 1190. The van der Waals surface area contributed by atoms with Gasteiger partial charge in [0.2, 0.25) is 5.78 Å². The standard InChI is InChI=1S/C17H17N5O2/c1-4-11-12(10-8-6-5-7-9-10)18-16-19-14-13(22(11)16)15(23)21(3)17(24)20(14)2/h5-9H,4H2,1-3H3,(H,18,19). The van der Waals surface area contributed by atoms with Gasteiger partial charge in [0.15, 0.2) is 11.2 Å². The number of aromatic nitrogens is 5. The van der Waals surface area contributed by atoms with E-state index < -0.39 is 0 Å². The predicted octanol–water partition coefficient (Wildman–Crippen LogP) is 1.44. The van der Waals surface area contributed by atoms with Gasteiger partial charge in [0.05, 0.1) is 11.4 Å². The molecule has 3 aromatic heterocycles. The quantitative estimate of drug-likeness (QED) is 0.606. The van der Waals surface area contributed by atoms with E-state index in [-0.39, 0.29) is 11.2 Å². The zero-order chi connectivity index (χ0) is 17.0. The van der Waals surface area contributed by atoms with Crippen molar-refractivity contribution in [3.05, 3.63) is 56.9 Å². The van der Waals surface area contributed by atoms with E-state index in [4.69, 9.17) is 0 Å². The highest BCUT2D eigenvalue weighted by Crippen LogP contribution is 2.26. The molecule has 7 nitrogen and oxygen atoms in total. The maximum atomic E-state index is 12.7. The third-order valence-corrected chi connectivity index (χ3v) is 4.45. The van der Waals surface area contributed by atoms with Gasteiger partial charge in [0.1, 0.15) is 0 Å². The molecule has 0 aliphatic heterocycles. The van der Waals surface area contributed by atoms with Gasteiger partial charge in [0.25, 0.3) is 5.56 Å². The van der Waals surface area contributed by atoms with Crippen LogP contribution in [0.4, 0.5) is 0 Å². The summed E-state index contributed by atoms with van der Waals surface area (Å²) >= 11 is 0. The van der Waals surface area contributed by atoms with Crippen molar-refractivity contribution in [2.24, 2.45) is 14.1 Å². The summed E-state index contributed by atoms with van der Waals surface area (Å²) in [5.74, 6) is 0.569. The molecule has 0 unspecified atom stereocenters. The van der Waals surface area contributed by atoms with Crippen molar-refractivity contribution in [2.75, 3.05) is 0 Å². The van der Waals surface area contributed by atoms with Gasteiger partial charge in [0, 0.05) is 14.1 Å². The fourth-order valence-corrected chi connectivity index (χ4v) is 3.22. The van der Waals surface area contributed by atoms with Crippen LogP contribution in [0.25, 0.3) is 28.2 Å². The summed E-state index contributed by atoms with van der Waals surface area (Å²) in [6.07, 6.45) is 0.724. The highest BCUT2D eigenvalue weighted by molar-refractivity contribution is 5.79. The molecule has 4 aromatic rings. The van der Waals surface area contributed by atoms with Crippen LogP contribution in [0.3, 0.4) is 0 Å². The molecule has 24 heavy (non-hydrogen) atoms. The number of aromatic amines is 1. The SMILES string of the molecule is CCc1c(-c2ccccc2)[nH]c2nc3c(c(=O)n(C)c(=O)n3C)n12. The first-order valence-corrected chi connectivity index (χ1v) is 7.79. The molecule has 3 heterocycles. The number of hydrogen-bond acceptors (Lipinski definition) is 3. The first kappa shape index (κ1) is 14.5. The van der Waals surface area contributed by atoms with Crippen molar-refractivity contribution >= 4 is 16.9 Å². The van der Waals surface area contributed by atoms with Crippen molar-refractivity contribution in [1.29, 1.82) is 0 Å². The summed E-state index contributed by atoms with van der Waals surface area (Å²) in [7, 11) is 3.11. The molecule has 0 spiro atoms. The molecule has 0 radical (unpaired) electrons. The molecule has 1 N–H and O–H groups in total. The number of rotatable bonds is 2. The summed E-state index contributed by atoms with van der Waals surface area (Å²) in [4.78, 5) is 32.6. The van der Waals surface area contributed by atoms with Gasteiger partial charge in [-0.05, 0) is 12.0 Å². The highest BCUT2D eigenvalue weighted by atomic mass is 16.2. The van der Waals surface area contributed by atoms with Crippen LogP contribution >= 0.6 is 0 Å². The maximum Gasteiger partial charge on any atom is 0.332 e. The van der Waals surface area contributed by atoms with E-state index in [0.29, 0.717) is 16.9 Å². The van der Waals surface area contributed by atoms with E-state index in [2.05, 4.69) is 9.97 Å². The zero-order valence-corrected chi connectivity index (χ0v) is 13.7. The molecule has 0 bridgehead atoms. The van der Waals surface area contributed by atoms with E-state index in [1.54, 1.807) is 7.05 Å². The predicted molar refractivity (Wildman–Crippen MR) is 92.3 cm³/mol. The van der Waals surface area contributed by atoms with Crippen LogP contribution in [0.1, 0.15) is 12.6 Å². The number of imidazole rings is 2. The molecule has 7 heteroatoms. The number of fused-ring (bicyclic) bond motifs is 3. The Morgan fingerprint density at radius 3 is 2.46 bits per heavy atom. The van der Waals surface area contributed by atoms with Gasteiger partial charge < -0.3 is 4.98 Å². The summed E-state index contributed by atoms with van der Waals surface area (Å²) < 4.78 is 4.35. The minimum absolute atomic E-state index is 0.339. The number of hydrogen-bond donors (Lipinski definition) is 1. The molecular formula is C17H17N5O2. The second-order valence-electron chi connectivity index (χ2n) is 5.82. The smallest absolute Gasteiger partial charge is 0.323 e. The lowest BCUT2D eigenvalue weighted by Crippen LogP contribution is -2.37. The van der Waals surface area contributed by atoms with Crippen LogP contribution in [-0.2, 0) is 20.5 Å². The molecule has 0 aliphatic carbocycles. The number of benzene rings is 1. The number of nitrogens with one attached hydrogen (secondary N) is 1. The van der Waals surface area contributed by atoms with Crippen molar-refractivity contribution < 1.29 is 0 Å². The van der Waals surface area contributed by atoms with E-state index in [9.17, 15) is 9.59 Å². The van der Waals surface area contributed by atoms with Crippen molar-refractivity contribution in [1.82, 2.24) is 23.5 Å². The largest absolute Gasteiger partial charge is 0.332 e. The van der Waals surface area contributed by atoms with E-state index in [1.807, 2.05) is 41.7 Å². The van der Waals surface area contributed by atoms with Crippen molar-refractivity contribution in [3.8, 4) is 11.3 Å². The first-order valence-electron chi connectivity index (χ1n) is 7.79. The average Bonchev–Trinajstić information content (AvgIpc) is 3.14. The van der Waals surface area contributed by atoms with Gasteiger partial charge >= 0.3 is 5.69 Å². The normalized spacial score (nSPS) is 11.6. The summed E-state index contributed by atoms with van der Waals surface area (Å²) in [5.41, 5.74) is 3.04. The Labute approximate surface area is 136 Å². The van der Waals surface area contributed by atoms with Gasteiger partial charge in [-0.3, -0.25) is 18.3 Å². The van der Waals surface area contributed by atoms with Crippen LogP contribution < -0.4 is 11.2 Å². The Morgan fingerprint density at radius 1 is 1.08 bits per heavy atom. The minimum atomic E-state index is -0.380. The van der Waals surface area contributed by atoms with Gasteiger partial charge in [-0.25, -0.2) is 4.79 Å². The molecule has 0 saturated carbocycles. The molecule has 0 aliphatic rings. The van der Waals surface area contributed by atoms with E-state index in [1.165, 1.54) is 11.6 Å². The Kier molecular flexibility index (Phi) is 2.99. The zero-order valence-electron chi connectivity index (χ0n) is 13.7. The Morgan fingerprint density at radius 2 is 1.79 bits per heavy atom. The second-order valence-corrected chi connectivity index (χ2v) is 5.82. The molecular weight excluding hydrogens is 306 g/mol. The Balaban J connectivity index is 2.20. The van der Waals surface area contributed by atoms with E-state index >= 15 is 0 Å². The number of nitrogens with zero attached hydrogens (tertiary/aromatic N) is 4. The summed E-state index contributed by atoms with van der Waals surface area (Å²) in [6.45, 7) is 2.04. The lowest BCUT2D eigenvalue weighted by molar-refractivity contribution is 0.707. The van der Waals surface area contributed by atoms with E-state index in [0.717, 1.165) is 27.9 Å².